The van der Waals surface area contributed by atoms with Gasteiger partial charge in [0.15, 0.2) is 0 Å². The van der Waals surface area contributed by atoms with Gasteiger partial charge in [0.05, 0.1) is 18.3 Å². The maximum Gasteiger partial charge on any atom is 0.237 e. The lowest BCUT2D eigenvalue weighted by Gasteiger charge is -2.09. The Morgan fingerprint density at radius 1 is 1.67 bits per heavy atom. The second kappa shape index (κ2) is 5.41. The zero-order valence-corrected chi connectivity index (χ0v) is 9.03. The fraction of sp³-hybridized carbons (Fsp3) is 0.500. The molecule has 1 atom stereocenters. The Hall–Kier alpha value is -1.49. The van der Waals surface area contributed by atoms with Crippen LogP contribution in [0.15, 0.2) is 12.3 Å². The van der Waals surface area contributed by atoms with Gasteiger partial charge in [0.25, 0.3) is 0 Å². The Balaban J connectivity index is 2.47. The van der Waals surface area contributed by atoms with E-state index in [1.54, 1.807) is 12.3 Å². The zero-order chi connectivity index (χ0) is 11.3. The topological polar surface area (TPSA) is 80.9 Å². The molecule has 1 aromatic heterocycles. The molecule has 1 unspecified atom stereocenters. The van der Waals surface area contributed by atoms with Gasteiger partial charge in [0.2, 0.25) is 5.91 Å². The standard InChI is InChI=1S/C10H16N4O/c1-3-9(11)10(15)13-6-8-4-5-12-7(2)14-8/h4-5,9H,3,6,11H2,1-2H3,(H,13,15). The molecule has 0 radical (unpaired) electrons. The average Bonchev–Trinajstić information content (AvgIpc) is 2.25. The van der Waals surface area contributed by atoms with E-state index in [9.17, 15) is 4.79 Å². The van der Waals surface area contributed by atoms with E-state index in [4.69, 9.17) is 5.73 Å². The van der Waals surface area contributed by atoms with E-state index in [1.807, 2.05) is 13.8 Å². The summed E-state index contributed by atoms with van der Waals surface area (Å²) in [6.45, 7) is 4.08. The van der Waals surface area contributed by atoms with Crippen molar-refractivity contribution >= 4 is 5.91 Å². The number of aromatic nitrogens is 2. The van der Waals surface area contributed by atoms with Crippen LogP contribution in [0.25, 0.3) is 0 Å². The number of carbonyl (C=O) groups excluding carboxylic acids is 1. The normalized spacial score (nSPS) is 12.2. The van der Waals surface area contributed by atoms with Crippen molar-refractivity contribution < 1.29 is 4.79 Å². The van der Waals surface area contributed by atoms with E-state index in [-0.39, 0.29) is 5.91 Å². The van der Waals surface area contributed by atoms with Gasteiger partial charge in [-0.15, -0.1) is 0 Å². The molecule has 5 heteroatoms. The molecule has 0 saturated carbocycles. The molecule has 0 saturated heterocycles. The summed E-state index contributed by atoms with van der Waals surface area (Å²) in [5, 5.41) is 2.72. The third-order valence-corrected chi connectivity index (χ3v) is 2.05. The van der Waals surface area contributed by atoms with E-state index in [0.717, 1.165) is 5.69 Å². The van der Waals surface area contributed by atoms with Crippen LogP contribution in [0.1, 0.15) is 24.9 Å². The van der Waals surface area contributed by atoms with E-state index >= 15 is 0 Å². The quantitative estimate of drug-likeness (QED) is 0.737. The molecule has 0 spiro atoms. The third-order valence-electron chi connectivity index (χ3n) is 2.05. The van der Waals surface area contributed by atoms with Crippen LogP contribution in [0.5, 0.6) is 0 Å². The molecule has 15 heavy (non-hydrogen) atoms. The highest BCUT2D eigenvalue weighted by atomic mass is 16.2. The molecule has 0 fully saturated rings. The molecule has 1 aromatic rings. The van der Waals surface area contributed by atoms with Crippen LogP contribution in [-0.4, -0.2) is 21.9 Å². The number of hydrogen-bond acceptors (Lipinski definition) is 4. The summed E-state index contributed by atoms with van der Waals surface area (Å²) in [5.41, 5.74) is 6.36. The maximum atomic E-state index is 11.4. The zero-order valence-electron chi connectivity index (χ0n) is 9.03. The van der Waals surface area contributed by atoms with Crippen molar-refractivity contribution in [3.05, 3.63) is 23.8 Å². The van der Waals surface area contributed by atoms with E-state index in [2.05, 4.69) is 15.3 Å². The van der Waals surface area contributed by atoms with E-state index < -0.39 is 6.04 Å². The summed E-state index contributed by atoms with van der Waals surface area (Å²) in [6.07, 6.45) is 2.30. The van der Waals surface area contributed by atoms with Gasteiger partial charge in [-0.3, -0.25) is 4.79 Å². The minimum atomic E-state index is -0.437. The molecular formula is C10H16N4O. The number of rotatable bonds is 4. The Labute approximate surface area is 89.1 Å². The molecule has 1 rings (SSSR count). The fourth-order valence-corrected chi connectivity index (χ4v) is 1.10. The summed E-state index contributed by atoms with van der Waals surface area (Å²) in [7, 11) is 0. The van der Waals surface area contributed by atoms with Crippen molar-refractivity contribution in [1.29, 1.82) is 0 Å². The molecular weight excluding hydrogens is 192 g/mol. The van der Waals surface area contributed by atoms with Crippen LogP contribution < -0.4 is 11.1 Å². The SMILES string of the molecule is CCC(N)C(=O)NCc1ccnc(C)n1. The summed E-state index contributed by atoms with van der Waals surface area (Å²) in [6, 6.07) is 1.33. The van der Waals surface area contributed by atoms with Crippen molar-refractivity contribution in [2.45, 2.75) is 32.9 Å². The first-order valence-corrected chi connectivity index (χ1v) is 4.95. The summed E-state index contributed by atoms with van der Waals surface area (Å²) < 4.78 is 0. The molecule has 1 amide bonds. The monoisotopic (exact) mass is 208 g/mol. The van der Waals surface area contributed by atoms with Gasteiger partial charge in [0, 0.05) is 6.20 Å². The number of aryl methyl sites for hydroxylation is 1. The lowest BCUT2D eigenvalue weighted by molar-refractivity contribution is -0.122. The predicted octanol–water partition coefficient (Wildman–Crippen LogP) is 0.139. The molecule has 82 valence electrons. The molecule has 1 heterocycles. The van der Waals surface area contributed by atoms with Crippen molar-refractivity contribution in [2.24, 2.45) is 5.73 Å². The van der Waals surface area contributed by atoms with Crippen molar-refractivity contribution in [2.75, 3.05) is 0 Å². The highest BCUT2D eigenvalue weighted by Gasteiger charge is 2.09. The third kappa shape index (κ3) is 3.63. The minimum absolute atomic E-state index is 0.145. The second-order valence-corrected chi connectivity index (χ2v) is 3.33. The highest BCUT2D eigenvalue weighted by molar-refractivity contribution is 5.81. The number of amides is 1. The van der Waals surface area contributed by atoms with E-state index in [0.29, 0.717) is 18.8 Å². The van der Waals surface area contributed by atoms with Crippen molar-refractivity contribution in [3.63, 3.8) is 0 Å². The molecule has 3 N–H and O–H groups in total. The summed E-state index contributed by atoms with van der Waals surface area (Å²) >= 11 is 0. The minimum Gasteiger partial charge on any atom is -0.349 e. The van der Waals surface area contributed by atoms with Gasteiger partial charge in [-0.25, -0.2) is 9.97 Å². The second-order valence-electron chi connectivity index (χ2n) is 3.33. The maximum absolute atomic E-state index is 11.4. The number of nitrogens with one attached hydrogen (secondary N) is 1. The molecule has 0 aromatic carbocycles. The summed E-state index contributed by atoms with van der Waals surface area (Å²) in [4.78, 5) is 19.5. The van der Waals surface area contributed by atoms with Gasteiger partial charge in [-0.05, 0) is 19.4 Å². The smallest absolute Gasteiger partial charge is 0.237 e. The molecule has 0 bridgehead atoms. The Morgan fingerprint density at radius 3 is 3.00 bits per heavy atom. The van der Waals surface area contributed by atoms with Crippen molar-refractivity contribution in [1.82, 2.24) is 15.3 Å². The molecule has 5 nitrogen and oxygen atoms in total. The number of carbonyl (C=O) groups is 1. The Morgan fingerprint density at radius 2 is 2.40 bits per heavy atom. The molecule has 0 aliphatic heterocycles. The molecule has 0 aliphatic rings. The number of hydrogen-bond donors (Lipinski definition) is 2. The first-order valence-electron chi connectivity index (χ1n) is 4.95. The van der Waals surface area contributed by atoms with Crippen LogP contribution in [0, 0.1) is 6.92 Å². The summed E-state index contributed by atoms with van der Waals surface area (Å²) in [5.74, 6) is 0.551. The average molecular weight is 208 g/mol. The van der Waals surface area contributed by atoms with Crippen molar-refractivity contribution in [3.8, 4) is 0 Å². The largest absolute Gasteiger partial charge is 0.349 e. The number of nitrogens with zero attached hydrogens (tertiary/aromatic N) is 2. The lowest BCUT2D eigenvalue weighted by Crippen LogP contribution is -2.39. The van der Waals surface area contributed by atoms with Crippen LogP contribution in [0.4, 0.5) is 0 Å². The molecule has 0 aliphatic carbocycles. The van der Waals surface area contributed by atoms with Gasteiger partial charge in [-0.1, -0.05) is 6.92 Å². The highest BCUT2D eigenvalue weighted by Crippen LogP contribution is 1.94. The van der Waals surface area contributed by atoms with Crippen LogP contribution in [-0.2, 0) is 11.3 Å². The number of nitrogens with two attached hydrogens (primary N) is 1. The van der Waals surface area contributed by atoms with E-state index in [1.165, 1.54) is 0 Å². The first kappa shape index (κ1) is 11.6. The van der Waals surface area contributed by atoms with Crippen LogP contribution in [0.2, 0.25) is 0 Å². The fourth-order valence-electron chi connectivity index (χ4n) is 1.10. The predicted molar refractivity (Wildman–Crippen MR) is 56.9 cm³/mol. The Bertz CT molecular complexity index is 340. The first-order chi connectivity index (χ1) is 7.13. The lowest BCUT2D eigenvalue weighted by atomic mass is 10.2. The van der Waals surface area contributed by atoms with Gasteiger partial charge < -0.3 is 11.1 Å². The van der Waals surface area contributed by atoms with Gasteiger partial charge >= 0.3 is 0 Å². The Kier molecular flexibility index (Phi) is 4.17. The van der Waals surface area contributed by atoms with Gasteiger partial charge in [0.1, 0.15) is 5.82 Å². The van der Waals surface area contributed by atoms with Gasteiger partial charge in [-0.2, -0.15) is 0 Å². The van der Waals surface area contributed by atoms with Crippen LogP contribution in [0.3, 0.4) is 0 Å². The van der Waals surface area contributed by atoms with Crippen LogP contribution >= 0.6 is 0 Å².